The lowest BCUT2D eigenvalue weighted by molar-refractivity contribution is 0.0783. The molecule has 0 aliphatic heterocycles. The zero-order valence-corrected chi connectivity index (χ0v) is 16.5. The minimum absolute atomic E-state index is 0.111. The van der Waals surface area contributed by atoms with E-state index in [9.17, 15) is 4.79 Å². The maximum atomic E-state index is 13.0. The van der Waals surface area contributed by atoms with E-state index in [4.69, 9.17) is 21.1 Å². The molecule has 1 amide bonds. The molecule has 2 aromatic carbocycles. The number of carbonyl (C=O) groups is 1. The fourth-order valence-corrected chi connectivity index (χ4v) is 3.16. The number of benzene rings is 2. The van der Waals surface area contributed by atoms with Gasteiger partial charge >= 0.3 is 0 Å². The maximum Gasteiger partial charge on any atom is 0.255 e. The molecule has 6 heteroatoms. The van der Waals surface area contributed by atoms with Crippen molar-refractivity contribution in [3.63, 3.8) is 0 Å². The summed E-state index contributed by atoms with van der Waals surface area (Å²) in [5, 5.41) is 1.45. The summed E-state index contributed by atoms with van der Waals surface area (Å²) < 4.78 is 10.6. The second-order valence-electron chi connectivity index (χ2n) is 6.30. The van der Waals surface area contributed by atoms with Gasteiger partial charge in [0.1, 0.15) is 11.5 Å². The molecule has 0 N–H and O–H groups in total. The fraction of sp³-hybridized carbons (Fsp3) is 0.238. The summed E-state index contributed by atoms with van der Waals surface area (Å²) in [4.78, 5) is 19.2. The quantitative estimate of drug-likeness (QED) is 0.650. The number of nitrogens with zero attached hydrogens (tertiary/aromatic N) is 2. The average Bonchev–Trinajstić information content (AvgIpc) is 2.67. The molecule has 140 valence electrons. The van der Waals surface area contributed by atoms with Gasteiger partial charge < -0.3 is 14.4 Å². The monoisotopic (exact) mass is 384 g/mol. The van der Waals surface area contributed by atoms with Gasteiger partial charge in [-0.05, 0) is 43.3 Å². The predicted octanol–water partition coefficient (Wildman–Crippen LogP) is 4.49. The van der Waals surface area contributed by atoms with Crippen LogP contribution in [0.1, 0.15) is 21.6 Å². The summed E-state index contributed by atoms with van der Waals surface area (Å²) in [6.07, 6.45) is 0. The smallest absolute Gasteiger partial charge is 0.255 e. The Morgan fingerprint density at radius 3 is 2.59 bits per heavy atom. The summed E-state index contributed by atoms with van der Waals surface area (Å²) in [6.45, 7) is 2.24. The average molecular weight is 385 g/mol. The molecule has 0 fully saturated rings. The van der Waals surface area contributed by atoms with Crippen LogP contribution in [0.2, 0.25) is 5.02 Å². The molecular formula is C21H21ClN2O3. The van der Waals surface area contributed by atoms with Gasteiger partial charge in [-0.15, -0.1) is 0 Å². The third-order valence-electron chi connectivity index (χ3n) is 4.45. The van der Waals surface area contributed by atoms with Crippen molar-refractivity contribution in [3.05, 3.63) is 64.3 Å². The topological polar surface area (TPSA) is 51.7 Å². The lowest BCUT2D eigenvalue weighted by Gasteiger charge is -2.20. The molecule has 0 unspecified atom stereocenters. The number of fused-ring (bicyclic) bond motifs is 1. The Hall–Kier alpha value is -2.79. The molecule has 0 spiro atoms. The van der Waals surface area contributed by atoms with Crippen LogP contribution >= 0.6 is 11.6 Å². The van der Waals surface area contributed by atoms with Crippen LogP contribution < -0.4 is 9.47 Å². The number of aromatic nitrogens is 1. The third-order valence-corrected chi connectivity index (χ3v) is 4.68. The number of pyridine rings is 1. The Morgan fingerprint density at radius 1 is 1.11 bits per heavy atom. The molecule has 0 aliphatic carbocycles. The van der Waals surface area contributed by atoms with E-state index in [0.29, 0.717) is 34.3 Å². The minimum atomic E-state index is -0.111. The van der Waals surface area contributed by atoms with Gasteiger partial charge in [-0.2, -0.15) is 0 Å². The van der Waals surface area contributed by atoms with Gasteiger partial charge in [0, 0.05) is 35.6 Å². The summed E-state index contributed by atoms with van der Waals surface area (Å²) >= 11 is 6.07. The summed E-state index contributed by atoms with van der Waals surface area (Å²) in [5.41, 5.74) is 2.94. The lowest BCUT2D eigenvalue weighted by atomic mass is 10.1. The second kappa shape index (κ2) is 7.84. The highest BCUT2D eigenvalue weighted by atomic mass is 35.5. The molecule has 0 saturated heterocycles. The van der Waals surface area contributed by atoms with E-state index in [0.717, 1.165) is 16.5 Å². The van der Waals surface area contributed by atoms with Gasteiger partial charge in [0.05, 0.1) is 31.0 Å². The van der Waals surface area contributed by atoms with Crippen molar-refractivity contribution in [1.82, 2.24) is 9.88 Å². The van der Waals surface area contributed by atoms with Crippen LogP contribution in [0, 0.1) is 6.92 Å². The molecule has 0 bridgehead atoms. The molecule has 0 aliphatic rings. The van der Waals surface area contributed by atoms with Crippen molar-refractivity contribution in [2.45, 2.75) is 13.5 Å². The van der Waals surface area contributed by atoms with Crippen LogP contribution in [0.5, 0.6) is 11.5 Å². The number of amides is 1. The zero-order valence-electron chi connectivity index (χ0n) is 15.7. The van der Waals surface area contributed by atoms with E-state index in [-0.39, 0.29) is 5.91 Å². The fourth-order valence-electron chi connectivity index (χ4n) is 2.98. The number of rotatable bonds is 5. The number of methoxy groups -OCH3 is 2. The first-order valence-electron chi connectivity index (χ1n) is 8.46. The van der Waals surface area contributed by atoms with Gasteiger partial charge in [0.15, 0.2) is 0 Å². The summed E-state index contributed by atoms with van der Waals surface area (Å²) in [5.74, 6) is 1.27. The molecule has 3 rings (SSSR count). The van der Waals surface area contributed by atoms with Gasteiger partial charge in [-0.25, -0.2) is 0 Å². The molecule has 0 atom stereocenters. The van der Waals surface area contributed by atoms with Crippen LogP contribution in [0.25, 0.3) is 10.9 Å². The van der Waals surface area contributed by atoms with Crippen molar-refractivity contribution in [2.75, 3.05) is 21.3 Å². The van der Waals surface area contributed by atoms with E-state index in [1.807, 2.05) is 37.3 Å². The molecule has 27 heavy (non-hydrogen) atoms. The summed E-state index contributed by atoms with van der Waals surface area (Å²) in [6, 6.07) is 12.8. The summed E-state index contributed by atoms with van der Waals surface area (Å²) in [7, 11) is 4.96. The standard InChI is InChI=1S/C21H21ClN2O3/c1-13-18(10-15-9-16(22)6-8-19(15)23-13)21(25)24(2)12-14-5-7-17(26-3)11-20(14)27-4/h5-11H,12H2,1-4H3. The Bertz CT molecular complexity index is 1000. The van der Waals surface area contributed by atoms with Crippen LogP contribution in [-0.2, 0) is 6.54 Å². The van der Waals surface area contributed by atoms with Gasteiger partial charge in [-0.3, -0.25) is 9.78 Å². The molecule has 5 nitrogen and oxygen atoms in total. The van der Waals surface area contributed by atoms with Gasteiger partial charge in [-0.1, -0.05) is 11.6 Å². The number of hydrogen-bond acceptors (Lipinski definition) is 4. The molecule has 1 heterocycles. The molecular weight excluding hydrogens is 364 g/mol. The van der Waals surface area contributed by atoms with E-state index in [2.05, 4.69) is 4.98 Å². The van der Waals surface area contributed by atoms with Crippen LogP contribution in [-0.4, -0.2) is 37.1 Å². The Kier molecular flexibility index (Phi) is 5.51. The van der Waals surface area contributed by atoms with Crippen molar-refractivity contribution >= 4 is 28.4 Å². The molecule has 1 aromatic heterocycles. The van der Waals surface area contributed by atoms with Crippen molar-refractivity contribution in [2.24, 2.45) is 0 Å². The highest BCUT2D eigenvalue weighted by Gasteiger charge is 2.18. The number of hydrogen-bond donors (Lipinski definition) is 0. The minimum Gasteiger partial charge on any atom is -0.497 e. The molecule has 3 aromatic rings. The Labute approximate surface area is 163 Å². The molecule has 0 radical (unpaired) electrons. The number of aryl methyl sites for hydroxylation is 1. The first kappa shape index (κ1) is 19.0. The SMILES string of the molecule is COc1ccc(CN(C)C(=O)c2cc3cc(Cl)ccc3nc2C)c(OC)c1. The van der Waals surface area contributed by atoms with E-state index in [1.165, 1.54) is 0 Å². The van der Waals surface area contributed by atoms with E-state index < -0.39 is 0 Å². The second-order valence-corrected chi connectivity index (χ2v) is 6.73. The molecule has 0 saturated carbocycles. The Balaban J connectivity index is 1.89. The van der Waals surface area contributed by atoms with Crippen molar-refractivity contribution < 1.29 is 14.3 Å². The highest BCUT2D eigenvalue weighted by molar-refractivity contribution is 6.31. The van der Waals surface area contributed by atoms with Crippen molar-refractivity contribution in [3.8, 4) is 11.5 Å². The number of halogens is 1. The van der Waals surface area contributed by atoms with Crippen LogP contribution in [0.15, 0.2) is 42.5 Å². The maximum absolute atomic E-state index is 13.0. The van der Waals surface area contributed by atoms with Crippen LogP contribution in [0.4, 0.5) is 0 Å². The normalized spacial score (nSPS) is 10.7. The first-order valence-corrected chi connectivity index (χ1v) is 8.84. The number of carbonyl (C=O) groups excluding carboxylic acids is 1. The van der Waals surface area contributed by atoms with Gasteiger partial charge in [0.25, 0.3) is 5.91 Å². The third kappa shape index (κ3) is 3.98. The van der Waals surface area contributed by atoms with Crippen molar-refractivity contribution in [1.29, 1.82) is 0 Å². The zero-order chi connectivity index (χ0) is 19.6. The van der Waals surface area contributed by atoms with Gasteiger partial charge in [0.2, 0.25) is 0 Å². The van der Waals surface area contributed by atoms with E-state index >= 15 is 0 Å². The largest absolute Gasteiger partial charge is 0.497 e. The lowest BCUT2D eigenvalue weighted by Crippen LogP contribution is -2.27. The highest BCUT2D eigenvalue weighted by Crippen LogP contribution is 2.26. The van der Waals surface area contributed by atoms with Crippen LogP contribution in [0.3, 0.4) is 0 Å². The number of ether oxygens (including phenoxy) is 2. The van der Waals surface area contributed by atoms with E-state index in [1.54, 1.807) is 38.3 Å². The Morgan fingerprint density at radius 2 is 1.89 bits per heavy atom. The predicted molar refractivity (Wildman–Crippen MR) is 107 cm³/mol. The first-order chi connectivity index (χ1) is 12.9.